The van der Waals surface area contributed by atoms with Crippen LogP contribution in [0, 0.1) is 5.92 Å². The van der Waals surface area contributed by atoms with Gasteiger partial charge in [-0.1, -0.05) is 0 Å². The van der Waals surface area contributed by atoms with Gasteiger partial charge in [0.25, 0.3) is 0 Å². The maximum absolute atomic E-state index is 4.61. The molecule has 4 heteroatoms. The van der Waals surface area contributed by atoms with Crippen molar-refractivity contribution >= 4 is 26.0 Å². The Balaban J connectivity index is 3.57. The molecule has 3 nitrogen and oxygen atoms in total. The zero-order chi connectivity index (χ0) is 13.8. The van der Waals surface area contributed by atoms with Crippen LogP contribution < -0.4 is 5.32 Å². The summed E-state index contributed by atoms with van der Waals surface area (Å²) in [5, 5.41) is 3.17. The molecule has 0 aliphatic carbocycles. The molecule has 0 aromatic carbocycles. The Morgan fingerprint density at radius 3 is 2.78 bits per heavy atom. The van der Waals surface area contributed by atoms with Crippen molar-refractivity contribution in [3.8, 4) is 0 Å². The molecule has 18 heavy (non-hydrogen) atoms. The molecular weight excluding hydrogens is 337 g/mol. The summed E-state index contributed by atoms with van der Waals surface area (Å²) in [6.07, 6.45) is 4.64. The van der Waals surface area contributed by atoms with E-state index in [9.17, 15) is 0 Å². The van der Waals surface area contributed by atoms with Crippen LogP contribution in [0.2, 0.25) is 0 Å². The van der Waals surface area contributed by atoms with E-state index in [1.165, 1.54) is 17.3 Å². The van der Waals surface area contributed by atoms with Gasteiger partial charge >= 0.3 is 121 Å². The monoisotopic (exact) mass is 369 g/mol. The van der Waals surface area contributed by atoms with Gasteiger partial charge in [0.05, 0.1) is 0 Å². The molecule has 0 heterocycles. The molecule has 0 aliphatic rings. The molecule has 0 aromatic rings. The first kappa shape index (κ1) is 18.3. The number of nitrogens with zero attached hydrogens (tertiary/aromatic N) is 2. The second-order valence-corrected chi connectivity index (χ2v) is 10.8. The van der Waals surface area contributed by atoms with E-state index in [2.05, 4.69) is 47.2 Å². The predicted octanol–water partition coefficient (Wildman–Crippen LogP) is 2.74. The quantitative estimate of drug-likeness (QED) is 0.199. The van der Waals surface area contributed by atoms with Crippen molar-refractivity contribution in [2.75, 3.05) is 47.6 Å². The SMILES string of the molecule is CCC(C)CI(C)CN=CCN(C)CCCNC. The van der Waals surface area contributed by atoms with Gasteiger partial charge in [0.1, 0.15) is 0 Å². The fourth-order valence-electron chi connectivity index (χ4n) is 1.59. The molecule has 0 saturated carbocycles. The summed E-state index contributed by atoms with van der Waals surface area (Å²) in [5.74, 6) is 0.902. The predicted molar refractivity (Wildman–Crippen MR) is 93.7 cm³/mol. The Bertz CT molecular complexity index is 209. The van der Waals surface area contributed by atoms with Crippen LogP contribution in [0.1, 0.15) is 26.7 Å². The number of nitrogens with one attached hydrogen (secondary N) is 1. The summed E-state index contributed by atoms with van der Waals surface area (Å²) >= 11 is -0.762. The zero-order valence-corrected chi connectivity index (χ0v) is 15.0. The first-order valence-corrected chi connectivity index (χ1v) is 12.1. The summed E-state index contributed by atoms with van der Waals surface area (Å²) in [6.45, 7) is 7.90. The molecule has 1 atom stereocenters. The third-order valence-electron chi connectivity index (χ3n) is 2.99. The van der Waals surface area contributed by atoms with Crippen molar-refractivity contribution in [1.82, 2.24) is 10.2 Å². The van der Waals surface area contributed by atoms with Crippen molar-refractivity contribution in [2.24, 2.45) is 10.9 Å². The Kier molecular flexibility index (Phi) is 12.6. The third kappa shape index (κ3) is 11.4. The summed E-state index contributed by atoms with van der Waals surface area (Å²) in [7, 11) is 4.18. The normalized spacial score (nSPS) is 14.4. The molecule has 0 aromatic heterocycles. The van der Waals surface area contributed by atoms with E-state index in [0.717, 1.165) is 30.1 Å². The van der Waals surface area contributed by atoms with Crippen molar-refractivity contribution < 1.29 is 0 Å². The van der Waals surface area contributed by atoms with Gasteiger partial charge in [-0.3, -0.25) is 0 Å². The van der Waals surface area contributed by atoms with Crippen LogP contribution >= 0.6 is 19.8 Å². The molecule has 1 N–H and O–H groups in total. The van der Waals surface area contributed by atoms with Crippen LogP contribution in [0.3, 0.4) is 0 Å². The molecule has 110 valence electrons. The number of hydrogen-bond acceptors (Lipinski definition) is 3. The van der Waals surface area contributed by atoms with Gasteiger partial charge in [0.15, 0.2) is 0 Å². The van der Waals surface area contributed by atoms with Crippen molar-refractivity contribution in [3.05, 3.63) is 0 Å². The van der Waals surface area contributed by atoms with Crippen molar-refractivity contribution in [1.29, 1.82) is 0 Å². The first-order valence-electron chi connectivity index (χ1n) is 6.93. The molecule has 0 rings (SSSR count). The van der Waals surface area contributed by atoms with Crippen LogP contribution in [0.4, 0.5) is 0 Å². The molecule has 0 spiro atoms. The van der Waals surface area contributed by atoms with E-state index in [0.29, 0.717) is 0 Å². The Morgan fingerprint density at radius 2 is 2.17 bits per heavy atom. The molecule has 0 fully saturated rings. The third-order valence-corrected chi connectivity index (χ3v) is 7.55. The van der Waals surface area contributed by atoms with Crippen molar-refractivity contribution in [2.45, 2.75) is 26.7 Å². The first-order chi connectivity index (χ1) is 8.60. The van der Waals surface area contributed by atoms with Crippen LogP contribution in [-0.4, -0.2) is 58.8 Å². The Hall–Kier alpha value is 0.320. The number of aliphatic imine (C=N–C) groups is 1. The second kappa shape index (κ2) is 12.4. The van der Waals surface area contributed by atoms with Gasteiger partial charge in [-0.05, 0) is 0 Å². The van der Waals surface area contributed by atoms with Gasteiger partial charge in [0, 0.05) is 0 Å². The minimum absolute atomic E-state index is 0.762. The summed E-state index contributed by atoms with van der Waals surface area (Å²) in [4.78, 5) is 9.41. The standard InChI is InChI=1S/C14H32IN3/c1-6-14(2)12-15(3)13-17-9-11-18(5)10-7-8-16-4/h9,14,16H,6-8,10-13H2,1-5H3. The van der Waals surface area contributed by atoms with Crippen LogP contribution in [-0.2, 0) is 0 Å². The van der Waals surface area contributed by atoms with Gasteiger partial charge in [0.2, 0.25) is 0 Å². The van der Waals surface area contributed by atoms with Gasteiger partial charge in [-0.25, -0.2) is 0 Å². The van der Waals surface area contributed by atoms with Crippen LogP contribution in [0.5, 0.6) is 0 Å². The fourth-order valence-corrected chi connectivity index (χ4v) is 6.01. The number of hydrogen-bond donors (Lipinski definition) is 1. The zero-order valence-electron chi connectivity index (χ0n) is 12.9. The number of rotatable bonds is 11. The van der Waals surface area contributed by atoms with Crippen LogP contribution in [0.15, 0.2) is 4.99 Å². The minimum atomic E-state index is -0.762. The fraction of sp³-hybridized carbons (Fsp3) is 0.929. The summed E-state index contributed by atoms with van der Waals surface area (Å²) < 4.78 is 2.59. The molecular formula is C14H32IN3. The average Bonchev–Trinajstić information content (AvgIpc) is 2.34. The van der Waals surface area contributed by atoms with Crippen molar-refractivity contribution in [3.63, 3.8) is 0 Å². The van der Waals surface area contributed by atoms with Gasteiger partial charge in [-0.15, -0.1) is 0 Å². The molecule has 0 radical (unpaired) electrons. The maximum atomic E-state index is 4.61. The summed E-state index contributed by atoms with van der Waals surface area (Å²) in [5.41, 5.74) is 0. The van der Waals surface area contributed by atoms with E-state index in [1.807, 2.05) is 7.05 Å². The average molecular weight is 369 g/mol. The molecule has 0 saturated heterocycles. The van der Waals surface area contributed by atoms with E-state index in [-0.39, 0.29) is 0 Å². The van der Waals surface area contributed by atoms with Crippen LogP contribution in [0.25, 0.3) is 0 Å². The summed E-state index contributed by atoms with van der Waals surface area (Å²) in [6, 6.07) is 0. The number of alkyl halides is 3. The molecule has 0 bridgehead atoms. The Morgan fingerprint density at radius 1 is 1.44 bits per heavy atom. The van der Waals surface area contributed by atoms with E-state index in [4.69, 9.17) is 0 Å². The molecule has 1 unspecified atom stereocenters. The van der Waals surface area contributed by atoms with Gasteiger partial charge in [-0.2, -0.15) is 0 Å². The van der Waals surface area contributed by atoms with E-state index in [1.54, 1.807) is 0 Å². The topological polar surface area (TPSA) is 27.6 Å². The number of halogens is 1. The van der Waals surface area contributed by atoms with Gasteiger partial charge < -0.3 is 0 Å². The molecule has 0 amide bonds. The Labute approximate surface area is 121 Å². The van der Waals surface area contributed by atoms with E-state index < -0.39 is 19.8 Å². The van der Waals surface area contributed by atoms with E-state index >= 15 is 0 Å². The molecule has 0 aliphatic heterocycles. The second-order valence-electron chi connectivity index (χ2n) is 5.10.